The van der Waals surface area contributed by atoms with Crippen molar-refractivity contribution in [3.63, 3.8) is 0 Å². The lowest BCUT2D eigenvalue weighted by Crippen LogP contribution is -2.33. The Morgan fingerprint density at radius 1 is 1.13 bits per heavy atom. The number of carbonyl (C=O) groups excluding carboxylic acids is 1. The van der Waals surface area contributed by atoms with Gasteiger partial charge in [-0.1, -0.05) is 12.1 Å². The number of sulfonamides is 1. The summed E-state index contributed by atoms with van der Waals surface area (Å²) >= 11 is 0. The van der Waals surface area contributed by atoms with Crippen LogP contribution in [-0.2, 0) is 14.8 Å². The summed E-state index contributed by atoms with van der Waals surface area (Å²) < 4.78 is 44.6. The highest BCUT2D eigenvalue weighted by Crippen LogP contribution is 2.15. The predicted octanol–water partition coefficient (Wildman–Crippen LogP) is 1.75. The van der Waals surface area contributed by atoms with Gasteiger partial charge in [-0.15, -0.1) is 0 Å². The molecule has 0 aromatic heterocycles. The predicted molar refractivity (Wildman–Crippen MR) is 83.2 cm³/mol. The van der Waals surface area contributed by atoms with E-state index in [0.717, 1.165) is 0 Å². The monoisotopic (exact) mass is 338 g/mol. The topological polar surface area (TPSA) is 84.5 Å². The highest BCUT2D eigenvalue weighted by atomic mass is 32.2. The summed E-state index contributed by atoms with van der Waals surface area (Å²) in [4.78, 5) is 11.7. The number of rotatable bonds is 6. The van der Waals surface area contributed by atoms with Gasteiger partial charge in [-0.2, -0.15) is 0 Å². The molecule has 0 atom stereocenters. The zero-order chi connectivity index (χ0) is 16.9. The molecule has 23 heavy (non-hydrogen) atoms. The molecular weight excluding hydrogens is 323 g/mol. The molecule has 6 nitrogen and oxygen atoms in total. The maximum absolute atomic E-state index is 13.4. The molecule has 2 rings (SSSR count). The normalized spacial score (nSPS) is 11.0. The molecule has 0 heterocycles. The van der Waals surface area contributed by atoms with E-state index in [1.54, 1.807) is 6.07 Å². The molecule has 0 fully saturated rings. The summed E-state index contributed by atoms with van der Waals surface area (Å²) in [5, 5.41) is 2.29. The second-order valence-electron chi connectivity index (χ2n) is 4.53. The molecule has 0 unspecified atom stereocenters. The molecule has 0 aliphatic heterocycles. The van der Waals surface area contributed by atoms with Crippen molar-refractivity contribution in [1.82, 2.24) is 4.72 Å². The minimum atomic E-state index is -3.84. The van der Waals surface area contributed by atoms with Crippen LogP contribution >= 0.6 is 0 Å². The van der Waals surface area contributed by atoms with Gasteiger partial charge in [0, 0.05) is 0 Å². The molecule has 0 radical (unpaired) electrons. The fraction of sp³-hybridized carbons (Fsp3) is 0.133. The van der Waals surface area contributed by atoms with Crippen molar-refractivity contribution >= 4 is 21.6 Å². The van der Waals surface area contributed by atoms with Crippen molar-refractivity contribution in [2.24, 2.45) is 0 Å². The Morgan fingerprint density at radius 3 is 2.39 bits per heavy atom. The summed E-state index contributed by atoms with van der Waals surface area (Å²) in [6.45, 7) is -0.511. The maximum atomic E-state index is 13.4. The molecule has 0 bridgehead atoms. The van der Waals surface area contributed by atoms with Gasteiger partial charge in [-0.25, -0.2) is 17.5 Å². The van der Waals surface area contributed by atoms with E-state index in [4.69, 9.17) is 4.74 Å². The SMILES string of the molecule is COc1ccc(S(=O)(=O)NCC(=O)Nc2ccccc2F)cc1. The summed E-state index contributed by atoms with van der Waals surface area (Å²) in [6, 6.07) is 11.3. The van der Waals surface area contributed by atoms with Gasteiger partial charge >= 0.3 is 0 Å². The van der Waals surface area contributed by atoms with E-state index in [9.17, 15) is 17.6 Å². The van der Waals surface area contributed by atoms with Crippen LogP contribution in [0.2, 0.25) is 0 Å². The summed E-state index contributed by atoms with van der Waals surface area (Å²) in [5.74, 6) is -0.757. The zero-order valence-electron chi connectivity index (χ0n) is 12.2. The minimum Gasteiger partial charge on any atom is -0.497 e. The molecule has 2 aromatic rings. The van der Waals surface area contributed by atoms with Crippen LogP contribution in [0.1, 0.15) is 0 Å². The van der Waals surface area contributed by atoms with Gasteiger partial charge in [-0.3, -0.25) is 4.79 Å². The summed E-state index contributed by atoms with van der Waals surface area (Å²) in [7, 11) is -2.38. The molecule has 0 saturated heterocycles. The number of amides is 1. The smallest absolute Gasteiger partial charge is 0.241 e. The van der Waals surface area contributed by atoms with Crippen molar-refractivity contribution in [3.05, 3.63) is 54.3 Å². The zero-order valence-corrected chi connectivity index (χ0v) is 13.1. The lowest BCUT2D eigenvalue weighted by Gasteiger charge is -2.09. The first-order valence-corrected chi connectivity index (χ1v) is 8.09. The quantitative estimate of drug-likeness (QED) is 0.840. The molecule has 2 N–H and O–H groups in total. The lowest BCUT2D eigenvalue weighted by molar-refractivity contribution is -0.115. The van der Waals surface area contributed by atoms with Crippen LogP contribution in [0, 0.1) is 5.82 Å². The Balaban J connectivity index is 1.98. The third-order valence-electron chi connectivity index (χ3n) is 2.94. The number of carbonyl (C=O) groups is 1. The molecule has 1 amide bonds. The number of nitrogens with one attached hydrogen (secondary N) is 2. The van der Waals surface area contributed by atoms with E-state index in [-0.39, 0.29) is 10.6 Å². The number of methoxy groups -OCH3 is 1. The highest BCUT2D eigenvalue weighted by molar-refractivity contribution is 7.89. The number of anilines is 1. The van der Waals surface area contributed by atoms with Crippen molar-refractivity contribution in [2.75, 3.05) is 19.0 Å². The van der Waals surface area contributed by atoms with E-state index >= 15 is 0 Å². The fourth-order valence-electron chi connectivity index (χ4n) is 1.76. The van der Waals surface area contributed by atoms with Crippen LogP contribution in [0.15, 0.2) is 53.4 Å². The van der Waals surface area contributed by atoms with E-state index in [2.05, 4.69) is 10.0 Å². The lowest BCUT2D eigenvalue weighted by atomic mass is 10.3. The first-order chi connectivity index (χ1) is 10.9. The molecule has 122 valence electrons. The molecular formula is C15H15FN2O4S. The Hall–Kier alpha value is -2.45. The number of para-hydroxylation sites is 1. The van der Waals surface area contributed by atoms with Gasteiger partial charge in [-0.05, 0) is 36.4 Å². The Kier molecular flexibility index (Phi) is 5.30. The average molecular weight is 338 g/mol. The molecule has 0 aliphatic rings. The number of hydrogen-bond donors (Lipinski definition) is 2. The van der Waals surface area contributed by atoms with Gasteiger partial charge in [0.05, 0.1) is 24.2 Å². The molecule has 0 aliphatic carbocycles. The highest BCUT2D eigenvalue weighted by Gasteiger charge is 2.16. The van der Waals surface area contributed by atoms with E-state index in [1.165, 1.54) is 49.6 Å². The van der Waals surface area contributed by atoms with Crippen molar-refractivity contribution in [3.8, 4) is 5.75 Å². The first kappa shape index (κ1) is 16.9. The third-order valence-corrected chi connectivity index (χ3v) is 4.36. The van der Waals surface area contributed by atoms with E-state index in [0.29, 0.717) is 5.75 Å². The number of benzene rings is 2. The molecule has 0 saturated carbocycles. The Bertz CT molecular complexity index is 791. The number of ether oxygens (including phenoxy) is 1. The minimum absolute atomic E-state index is 0.00279. The third kappa shape index (κ3) is 4.51. The van der Waals surface area contributed by atoms with Gasteiger partial charge in [0.2, 0.25) is 15.9 Å². The van der Waals surface area contributed by atoms with Crippen molar-refractivity contribution in [1.29, 1.82) is 0 Å². The molecule has 8 heteroatoms. The van der Waals surface area contributed by atoms with Gasteiger partial charge in [0.15, 0.2) is 0 Å². The Labute approximate surface area is 133 Å². The standard InChI is InChI=1S/C15H15FN2O4S/c1-22-11-6-8-12(9-7-11)23(20,21)17-10-15(19)18-14-5-3-2-4-13(14)16/h2-9,17H,10H2,1H3,(H,18,19). The van der Waals surface area contributed by atoms with Crippen LogP contribution in [0.3, 0.4) is 0 Å². The van der Waals surface area contributed by atoms with Crippen LogP contribution in [0.5, 0.6) is 5.75 Å². The van der Waals surface area contributed by atoms with Gasteiger partial charge < -0.3 is 10.1 Å². The van der Waals surface area contributed by atoms with Crippen molar-refractivity contribution < 1.29 is 22.3 Å². The van der Waals surface area contributed by atoms with Crippen LogP contribution in [0.25, 0.3) is 0 Å². The fourth-order valence-corrected chi connectivity index (χ4v) is 2.74. The van der Waals surface area contributed by atoms with Crippen molar-refractivity contribution in [2.45, 2.75) is 4.90 Å². The molecule has 0 spiro atoms. The van der Waals surface area contributed by atoms with Gasteiger partial charge in [0.25, 0.3) is 0 Å². The number of hydrogen-bond acceptors (Lipinski definition) is 4. The maximum Gasteiger partial charge on any atom is 0.241 e. The first-order valence-electron chi connectivity index (χ1n) is 6.60. The van der Waals surface area contributed by atoms with Crippen LogP contribution in [0.4, 0.5) is 10.1 Å². The molecule has 2 aromatic carbocycles. The van der Waals surface area contributed by atoms with E-state index < -0.39 is 28.3 Å². The largest absolute Gasteiger partial charge is 0.497 e. The van der Waals surface area contributed by atoms with Crippen LogP contribution in [-0.4, -0.2) is 28.0 Å². The second-order valence-corrected chi connectivity index (χ2v) is 6.30. The van der Waals surface area contributed by atoms with Crippen LogP contribution < -0.4 is 14.8 Å². The van der Waals surface area contributed by atoms with E-state index in [1.807, 2.05) is 0 Å². The number of halogens is 1. The van der Waals surface area contributed by atoms with Gasteiger partial charge in [0.1, 0.15) is 11.6 Å². The summed E-state index contributed by atoms with van der Waals surface area (Å²) in [5.41, 5.74) is -0.0128. The second kappa shape index (κ2) is 7.21. The average Bonchev–Trinajstić information content (AvgIpc) is 2.55. The Morgan fingerprint density at radius 2 is 1.78 bits per heavy atom. The summed E-state index contributed by atoms with van der Waals surface area (Å²) in [6.07, 6.45) is 0.